The summed E-state index contributed by atoms with van der Waals surface area (Å²) in [5.74, 6) is 1.66. The Balaban J connectivity index is 0.00000118. The monoisotopic (exact) mass is 762 g/mol. The number of para-hydroxylation sites is 1. The van der Waals surface area contributed by atoms with Crippen molar-refractivity contribution in [2.75, 3.05) is 42.3 Å². The molecule has 0 saturated heterocycles. The minimum Gasteiger partial charge on any atom is -0.671 e. The fourth-order valence-corrected chi connectivity index (χ4v) is 6.15. The quantitative estimate of drug-likeness (QED) is 0.155. The van der Waals surface area contributed by atoms with E-state index < -0.39 is 0 Å². The predicted octanol–water partition coefficient (Wildman–Crippen LogP) is 12.6. The molecule has 0 spiro atoms. The predicted molar refractivity (Wildman–Crippen MR) is 220 cm³/mol. The molecule has 1 atom stereocenters. The molecular weight excluding hydrogens is 704 g/mol. The summed E-state index contributed by atoms with van der Waals surface area (Å²) >= 11 is 0. The number of hydrogen-bond acceptors (Lipinski definition) is 1. The molecule has 0 aliphatic heterocycles. The van der Waals surface area contributed by atoms with Crippen LogP contribution in [0.2, 0.25) is 0 Å². The Morgan fingerprint density at radius 3 is 1.41 bits per heavy atom. The second-order valence-corrected chi connectivity index (χ2v) is 13.2. The summed E-state index contributed by atoms with van der Waals surface area (Å²) in [6, 6.07) is 32.1. The van der Waals surface area contributed by atoms with Gasteiger partial charge in [-0.15, -0.1) is 5.69 Å². The first-order chi connectivity index (χ1) is 23.9. The van der Waals surface area contributed by atoms with E-state index in [-0.39, 0.29) is 32.2 Å². The van der Waals surface area contributed by atoms with Gasteiger partial charge >= 0.3 is 26.2 Å². The molecule has 1 unspecified atom stereocenters. The van der Waals surface area contributed by atoms with Crippen LogP contribution in [0.1, 0.15) is 84.8 Å². The van der Waals surface area contributed by atoms with Gasteiger partial charge in [0.15, 0.2) is 0 Å². The van der Waals surface area contributed by atoms with Crippen molar-refractivity contribution in [3.8, 4) is 22.5 Å². The van der Waals surface area contributed by atoms with Crippen molar-refractivity contribution in [1.29, 1.82) is 0 Å². The summed E-state index contributed by atoms with van der Waals surface area (Å²) in [5, 5.41) is 16.2. The molecule has 5 aromatic rings. The molecule has 0 bridgehead atoms. The minimum absolute atomic E-state index is 0. The number of hydrogen-bond donors (Lipinski definition) is 0. The van der Waals surface area contributed by atoms with E-state index in [1.165, 1.54) is 33.4 Å². The Morgan fingerprint density at radius 1 is 0.588 bits per heavy atom. The van der Waals surface area contributed by atoms with Crippen molar-refractivity contribution < 1.29 is 26.2 Å². The molecule has 0 saturated carbocycles. The number of aromatic nitrogens is 2. The molecule has 1 aromatic heterocycles. The summed E-state index contributed by atoms with van der Waals surface area (Å²) < 4.78 is 2.28. The first-order valence-electron chi connectivity index (χ1n) is 17.4. The van der Waals surface area contributed by atoms with E-state index in [0.29, 0.717) is 11.8 Å². The third kappa shape index (κ3) is 12.4. The first-order valence-corrected chi connectivity index (χ1v) is 17.4. The van der Waals surface area contributed by atoms with E-state index in [0.717, 1.165) is 34.0 Å². The Morgan fingerprint density at radius 2 is 1.00 bits per heavy atom. The number of aryl methyl sites for hydroxylation is 3. The van der Waals surface area contributed by atoms with Crippen molar-refractivity contribution in [2.45, 2.75) is 66.3 Å². The number of benzene rings is 4. The number of imidazole rings is 1. The first kappa shape index (κ1) is 45.7. The van der Waals surface area contributed by atoms with Crippen molar-refractivity contribution >= 4 is 5.69 Å². The van der Waals surface area contributed by atoms with Crippen LogP contribution >= 0.6 is 0 Å². The largest absolute Gasteiger partial charge is 4.00 e. The normalized spacial score (nSPS) is 10.9. The molecule has 4 aromatic carbocycles. The average Bonchev–Trinajstić information content (AvgIpc) is 3.42. The molecule has 0 fully saturated rings. The van der Waals surface area contributed by atoms with Crippen molar-refractivity contribution in [2.24, 2.45) is 7.05 Å². The van der Waals surface area contributed by atoms with Gasteiger partial charge in [-0.05, 0) is 55.3 Å². The van der Waals surface area contributed by atoms with Crippen LogP contribution in [0.4, 0.5) is 5.69 Å². The van der Waals surface area contributed by atoms with E-state index in [1.807, 2.05) is 0 Å². The van der Waals surface area contributed by atoms with Crippen LogP contribution in [-0.4, -0.2) is 51.8 Å². The fourth-order valence-electron chi connectivity index (χ4n) is 6.15. The van der Waals surface area contributed by atoms with E-state index in [4.69, 9.17) is 10.3 Å². The SMILES string of the molecule is C[N-]C.C[N-]C.C[N-]C.Cc1cc(C)c(C([N-]c2c(C(C)C)cccc2C(C)C)c2nc(-c3ccccc3)c(-c3ccccc3)n2C)c(C)c1.[Zr+4]. The third-order valence-electron chi connectivity index (χ3n) is 8.08. The van der Waals surface area contributed by atoms with E-state index >= 15 is 0 Å². The van der Waals surface area contributed by atoms with Crippen LogP contribution in [0.15, 0.2) is 91.0 Å². The maximum Gasteiger partial charge on any atom is 4.00 e. The maximum absolute atomic E-state index is 5.71. The second-order valence-electron chi connectivity index (χ2n) is 13.2. The van der Waals surface area contributed by atoms with E-state index in [1.54, 1.807) is 42.3 Å². The van der Waals surface area contributed by atoms with Gasteiger partial charge in [0.2, 0.25) is 0 Å². The molecule has 270 valence electrons. The van der Waals surface area contributed by atoms with Crippen LogP contribution in [0.3, 0.4) is 0 Å². The van der Waals surface area contributed by atoms with Crippen LogP contribution in [0, 0.1) is 20.8 Å². The average molecular weight is 764 g/mol. The molecule has 1 heterocycles. The van der Waals surface area contributed by atoms with Gasteiger partial charge in [0.1, 0.15) is 0 Å². The van der Waals surface area contributed by atoms with Gasteiger partial charge in [0, 0.05) is 18.2 Å². The van der Waals surface area contributed by atoms with Crippen LogP contribution in [0.5, 0.6) is 0 Å². The second kappa shape index (κ2) is 23.3. The molecule has 7 heteroatoms. The van der Waals surface area contributed by atoms with E-state index in [2.05, 4.69) is 167 Å². The van der Waals surface area contributed by atoms with Crippen molar-refractivity contribution in [1.82, 2.24) is 9.55 Å². The number of rotatable bonds is 8. The zero-order chi connectivity index (χ0) is 37.4. The standard InChI is InChI=1S/C38H42N3.3C2H6N.Zr/c1-24(2)31-20-15-21-32(25(3)4)35(31)39-36(33-27(6)22-26(5)23-28(33)7)38-40-34(29-16-11-9-12-17-29)37(41(38)8)30-18-13-10-14-19-30;3*1-3-2;/h9-25,36H,1-8H3;3*1-2H3;/q4*-1;+4. The van der Waals surface area contributed by atoms with Crippen LogP contribution < -0.4 is 0 Å². The summed E-state index contributed by atoms with van der Waals surface area (Å²) in [4.78, 5) is 5.45. The van der Waals surface area contributed by atoms with Crippen LogP contribution in [-0.2, 0) is 33.3 Å². The van der Waals surface area contributed by atoms with Gasteiger partial charge in [-0.3, -0.25) is 0 Å². The van der Waals surface area contributed by atoms with Gasteiger partial charge in [0.25, 0.3) is 0 Å². The molecule has 0 aliphatic carbocycles. The summed E-state index contributed by atoms with van der Waals surface area (Å²) in [6.45, 7) is 15.6. The van der Waals surface area contributed by atoms with Crippen molar-refractivity contribution in [3.05, 3.63) is 151 Å². The molecule has 0 N–H and O–H groups in total. The third-order valence-corrected chi connectivity index (χ3v) is 8.08. The topological polar surface area (TPSA) is 74.2 Å². The van der Waals surface area contributed by atoms with Gasteiger partial charge < -0.3 is 25.8 Å². The Kier molecular flexibility index (Phi) is 20.8. The van der Waals surface area contributed by atoms with Gasteiger partial charge in [-0.2, -0.15) is 42.3 Å². The summed E-state index contributed by atoms with van der Waals surface area (Å²) in [6.07, 6.45) is 0. The molecule has 51 heavy (non-hydrogen) atoms. The van der Waals surface area contributed by atoms with Crippen LogP contribution in [0.25, 0.3) is 43.8 Å². The minimum atomic E-state index is -0.266. The molecule has 6 nitrogen and oxygen atoms in total. The van der Waals surface area contributed by atoms with Crippen molar-refractivity contribution in [3.63, 3.8) is 0 Å². The van der Waals surface area contributed by atoms with Gasteiger partial charge in [0.05, 0.1) is 17.2 Å². The summed E-state index contributed by atoms with van der Waals surface area (Å²) in [5.41, 5.74) is 13.0. The molecule has 0 aliphatic rings. The number of nitrogens with zero attached hydrogens (tertiary/aromatic N) is 6. The molecule has 0 amide bonds. The molecular formula is C44H60N6Zr. The maximum atomic E-state index is 5.71. The Labute approximate surface area is 329 Å². The van der Waals surface area contributed by atoms with Gasteiger partial charge in [-0.25, -0.2) is 4.98 Å². The Bertz CT molecular complexity index is 1660. The summed E-state index contributed by atoms with van der Waals surface area (Å²) in [7, 11) is 12.6. The Hall–Kier alpha value is -3.35. The zero-order valence-corrected chi connectivity index (χ0v) is 36.0. The van der Waals surface area contributed by atoms with Gasteiger partial charge in [-0.1, -0.05) is 135 Å². The molecule has 5 rings (SSSR count). The van der Waals surface area contributed by atoms with E-state index in [9.17, 15) is 0 Å². The zero-order valence-electron chi connectivity index (χ0n) is 33.6. The fraction of sp³-hybridized carbons (Fsp3) is 0.386. The molecule has 0 radical (unpaired) electrons. The smallest absolute Gasteiger partial charge is 0.671 e.